The van der Waals surface area contributed by atoms with Gasteiger partial charge in [0.2, 0.25) is 5.91 Å². The van der Waals surface area contributed by atoms with Crippen LogP contribution in [0.15, 0.2) is 24.3 Å². The van der Waals surface area contributed by atoms with Crippen molar-refractivity contribution in [3.05, 3.63) is 35.4 Å². The van der Waals surface area contributed by atoms with Crippen molar-refractivity contribution in [2.75, 3.05) is 13.6 Å². The molecule has 3 heteroatoms. The van der Waals surface area contributed by atoms with E-state index in [2.05, 4.69) is 36.5 Å². The van der Waals surface area contributed by atoms with Gasteiger partial charge in [-0.05, 0) is 31.9 Å². The molecule has 2 rings (SSSR count). The molecular weight excluding hydrogens is 212 g/mol. The maximum Gasteiger partial charge on any atom is 0.239 e. The van der Waals surface area contributed by atoms with E-state index in [1.807, 2.05) is 11.9 Å². The Labute approximate surface area is 103 Å². The van der Waals surface area contributed by atoms with Crippen LogP contribution in [-0.4, -0.2) is 30.4 Å². The minimum atomic E-state index is 0.0328. The summed E-state index contributed by atoms with van der Waals surface area (Å²) in [5.74, 6) is 0.211. The fourth-order valence-electron chi connectivity index (χ4n) is 2.21. The van der Waals surface area contributed by atoms with Crippen LogP contribution in [0.2, 0.25) is 0 Å². The predicted octanol–water partition coefficient (Wildman–Crippen LogP) is 1.71. The van der Waals surface area contributed by atoms with Crippen molar-refractivity contribution < 1.29 is 4.79 Å². The normalized spacial score (nSPS) is 19.3. The molecule has 1 saturated heterocycles. The first-order chi connectivity index (χ1) is 8.16. The quantitative estimate of drug-likeness (QED) is 0.860. The van der Waals surface area contributed by atoms with E-state index in [4.69, 9.17) is 0 Å². The lowest BCUT2D eigenvalue weighted by molar-refractivity contribution is -0.132. The summed E-state index contributed by atoms with van der Waals surface area (Å²) in [6.07, 6.45) is 2.08. The van der Waals surface area contributed by atoms with Gasteiger partial charge in [-0.15, -0.1) is 0 Å². The van der Waals surface area contributed by atoms with Gasteiger partial charge < -0.3 is 10.2 Å². The van der Waals surface area contributed by atoms with Crippen molar-refractivity contribution in [3.8, 4) is 0 Å². The second kappa shape index (κ2) is 5.32. The zero-order valence-corrected chi connectivity index (χ0v) is 10.6. The van der Waals surface area contributed by atoms with E-state index < -0.39 is 0 Å². The molecule has 0 radical (unpaired) electrons. The van der Waals surface area contributed by atoms with E-state index >= 15 is 0 Å². The number of hydrogen-bond donors (Lipinski definition) is 1. The molecule has 0 unspecified atom stereocenters. The molecule has 0 spiro atoms. The third-order valence-corrected chi connectivity index (χ3v) is 3.27. The average Bonchev–Trinajstić information content (AvgIpc) is 2.84. The Kier molecular flexibility index (Phi) is 3.79. The van der Waals surface area contributed by atoms with E-state index in [1.165, 1.54) is 11.1 Å². The van der Waals surface area contributed by atoms with Crippen LogP contribution in [0, 0.1) is 6.92 Å². The van der Waals surface area contributed by atoms with Gasteiger partial charge in [-0.25, -0.2) is 0 Å². The van der Waals surface area contributed by atoms with E-state index in [-0.39, 0.29) is 11.9 Å². The highest BCUT2D eigenvalue weighted by molar-refractivity contribution is 5.81. The first kappa shape index (κ1) is 12.1. The summed E-state index contributed by atoms with van der Waals surface area (Å²) in [7, 11) is 1.88. The molecule has 0 aromatic heterocycles. The lowest BCUT2D eigenvalue weighted by Crippen LogP contribution is -2.41. The second-order valence-corrected chi connectivity index (χ2v) is 4.83. The van der Waals surface area contributed by atoms with Crippen LogP contribution in [0.3, 0.4) is 0 Å². The summed E-state index contributed by atoms with van der Waals surface area (Å²) < 4.78 is 0. The molecule has 92 valence electrons. The second-order valence-electron chi connectivity index (χ2n) is 4.83. The van der Waals surface area contributed by atoms with E-state index in [9.17, 15) is 4.79 Å². The summed E-state index contributed by atoms with van der Waals surface area (Å²) in [5, 5.41) is 3.24. The highest BCUT2D eigenvalue weighted by atomic mass is 16.2. The highest BCUT2D eigenvalue weighted by Gasteiger charge is 2.24. The van der Waals surface area contributed by atoms with Gasteiger partial charge in [-0.2, -0.15) is 0 Å². The Morgan fingerprint density at radius 3 is 2.71 bits per heavy atom. The predicted molar refractivity (Wildman–Crippen MR) is 68.7 cm³/mol. The van der Waals surface area contributed by atoms with Gasteiger partial charge >= 0.3 is 0 Å². The third kappa shape index (κ3) is 3.07. The summed E-state index contributed by atoms with van der Waals surface area (Å²) in [4.78, 5) is 13.9. The number of nitrogens with zero attached hydrogens (tertiary/aromatic N) is 1. The fourth-order valence-corrected chi connectivity index (χ4v) is 2.21. The zero-order chi connectivity index (χ0) is 12.3. The van der Waals surface area contributed by atoms with Crippen molar-refractivity contribution in [1.29, 1.82) is 0 Å². The van der Waals surface area contributed by atoms with Crippen molar-refractivity contribution in [2.24, 2.45) is 0 Å². The maximum atomic E-state index is 12.1. The Bertz CT molecular complexity index is 380. The molecule has 1 N–H and O–H groups in total. The van der Waals surface area contributed by atoms with E-state index in [0.29, 0.717) is 6.54 Å². The molecular formula is C14H20N2O. The van der Waals surface area contributed by atoms with Crippen molar-refractivity contribution in [3.63, 3.8) is 0 Å². The van der Waals surface area contributed by atoms with Gasteiger partial charge in [0.25, 0.3) is 0 Å². The molecule has 3 nitrogen and oxygen atoms in total. The Hall–Kier alpha value is -1.35. The average molecular weight is 232 g/mol. The van der Waals surface area contributed by atoms with Crippen LogP contribution in [0.4, 0.5) is 0 Å². The van der Waals surface area contributed by atoms with Crippen LogP contribution in [0.25, 0.3) is 0 Å². The number of rotatable bonds is 3. The number of likely N-dealkylation sites (N-methyl/N-ethyl adjacent to an activating group) is 1. The molecule has 0 saturated carbocycles. The number of hydrogen-bond acceptors (Lipinski definition) is 2. The molecule has 1 heterocycles. The van der Waals surface area contributed by atoms with Crippen LogP contribution in [0.5, 0.6) is 0 Å². The van der Waals surface area contributed by atoms with Crippen LogP contribution in [-0.2, 0) is 11.3 Å². The van der Waals surface area contributed by atoms with Crippen LogP contribution < -0.4 is 5.32 Å². The van der Waals surface area contributed by atoms with Gasteiger partial charge in [-0.1, -0.05) is 29.8 Å². The molecule has 0 aliphatic carbocycles. The molecule has 1 fully saturated rings. The fraction of sp³-hybridized carbons (Fsp3) is 0.500. The van der Waals surface area contributed by atoms with Gasteiger partial charge in [0.15, 0.2) is 0 Å². The summed E-state index contributed by atoms with van der Waals surface area (Å²) in [5.41, 5.74) is 2.43. The maximum absolute atomic E-state index is 12.1. The number of carbonyl (C=O) groups excluding carboxylic acids is 1. The van der Waals surface area contributed by atoms with E-state index in [0.717, 1.165) is 19.4 Å². The minimum Gasteiger partial charge on any atom is -0.340 e. The summed E-state index contributed by atoms with van der Waals surface area (Å²) in [6.45, 7) is 3.73. The smallest absolute Gasteiger partial charge is 0.239 e. The largest absolute Gasteiger partial charge is 0.340 e. The number of nitrogens with one attached hydrogen (secondary N) is 1. The molecule has 1 aromatic carbocycles. The number of amides is 1. The minimum absolute atomic E-state index is 0.0328. The molecule has 1 aromatic rings. The molecule has 17 heavy (non-hydrogen) atoms. The Morgan fingerprint density at radius 1 is 1.41 bits per heavy atom. The molecule has 1 aliphatic rings. The first-order valence-electron chi connectivity index (χ1n) is 6.21. The monoisotopic (exact) mass is 232 g/mol. The third-order valence-electron chi connectivity index (χ3n) is 3.27. The summed E-state index contributed by atoms with van der Waals surface area (Å²) in [6, 6.07) is 8.37. The van der Waals surface area contributed by atoms with Crippen LogP contribution in [0.1, 0.15) is 24.0 Å². The number of aryl methyl sites for hydroxylation is 1. The molecule has 1 atom stereocenters. The van der Waals surface area contributed by atoms with Crippen molar-refractivity contribution in [2.45, 2.75) is 32.4 Å². The number of benzene rings is 1. The summed E-state index contributed by atoms with van der Waals surface area (Å²) >= 11 is 0. The topological polar surface area (TPSA) is 32.3 Å². The molecule has 1 amide bonds. The Morgan fingerprint density at radius 2 is 2.12 bits per heavy atom. The van der Waals surface area contributed by atoms with Crippen molar-refractivity contribution in [1.82, 2.24) is 10.2 Å². The van der Waals surface area contributed by atoms with E-state index in [1.54, 1.807) is 0 Å². The zero-order valence-electron chi connectivity index (χ0n) is 10.6. The standard InChI is InChI=1S/C14H20N2O/c1-11-5-7-12(8-6-11)10-16(2)14(17)13-4-3-9-15-13/h5-8,13,15H,3-4,9-10H2,1-2H3/t13-/m1/s1. The van der Waals surface area contributed by atoms with Crippen molar-refractivity contribution >= 4 is 5.91 Å². The van der Waals surface area contributed by atoms with Gasteiger partial charge in [0.05, 0.1) is 6.04 Å². The van der Waals surface area contributed by atoms with Gasteiger partial charge in [0.1, 0.15) is 0 Å². The lowest BCUT2D eigenvalue weighted by atomic mass is 10.1. The van der Waals surface area contributed by atoms with Crippen LogP contribution >= 0.6 is 0 Å². The molecule has 0 bridgehead atoms. The SMILES string of the molecule is Cc1ccc(CN(C)C(=O)[C@H]2CCCN2)cc1. The lowest BCUT2D eigenvalue weighted by Gasteiger charge is -2.21. The first-order valence-corrected chi connectivity index (χ1v) is 6.21. The number of carbonyl (C=O) groups is 1. The van der Waals surface area contributed by atoms with Gasteiger partial charge in [0, 0.05) is 13.6 Å². The molecule has 1 aliphatic heterocycles. The Balaban J connectivity index is 1.93. The van der Waals surface area contributed by atoms with Gasteiger partial charge in [-0.3, -0.25) is 4.79 Å². The highest BCUT2D eigenvalue weighted by Crippen LogP contribution is 2.11.